The van der Waals surface area contributed by atoms with Crippen molar-refractivity contribution >= 4 is 38.2 Å². The first-order valence-corrected chi connectivity index (χ1v) is 15.8. The van der Waals surface area contributed by atoms with Crippen LogP contribution in [-0.4, -0.2) is 38.9 Å². The predicted octanol–water partition coefficient (Wildman–Crippen LogP) is 4.81. The molecule has 1 aromatic rings. The lowest BCUT2D eigenvalue weighted by molar-refractivity contribution is -0.131. The number of hydrogen-bond acceptors (Lipinski definition) is 5. The third-order valence-corrected chi connectivity index (χ3v) is 12.7. The van der Waals surface area contributed by atoms with Gasteiger partial charge in [-0.2, -0.15) is 10.4 Å². The maximum atomic E-state index is 13.5. The lowest BCUT2D eigenvalue weighted by atomic mass is 9.49. The quantitative estimate of drug-likeness (QED) is 0.367. The van der Waals surface area contributed by atoms with E-state index in [1.165, 1.54) is 31.7 Å². The Morgan fingerprint density at radius 1 is 1.21 bits per heavy atom. The fraction of sp³-hybridized carbons (Fsp3) is 0.808. The number of hydrogen-bond donors (Lipinski definition) is 0. The van der Waals surface area contributed by atoms with Crippen molar-refractivity contribution in [2.24, 2.45) is 40.9 Å². The van der Waals surface area contributed by atoms with Crippen LogP contribution < -0.4 is 0 Å². The molecule has 0 aromatic carbocycles. The highest BCUT2D eigenvalue weighted by atomic mass is 127. The average Bonchev–Trinajstić information content (AvgIpc) is 3.34. The van der Waals surface area contributed by atoms with Crippen LogP contribution >= 0.6 is 22.6 Å². The molecule has 6 nitrogen and oxygen atoms in total. The van der Waals surface area contributed by atoms with Gasteiger partial charge in [-0.1, -0.05) is 36.4 Å². The lowest BCUT2D eigenvalue weighted by Gasteiger charge is -2.59. The summed E-state index contributed by atoms with van der Waals surface area (Å²) in [6.45, 7) is 4.72. The topological polar surface area (TPSA) is 92.8 Å². The fourth-order valence-electron chi connectivity index (χ4n) is 8.84. The van der Waals surface area contributed by atoms with Crippen LogP contribution in [-0.2, 0) is 21.2 Å². The Kier molecular flexibility index (Phi) is 6.23. The molecule has 4 saturated carbocycles. The van der Waals surface area contributed by atoms with E-state index in [2.05, 4.69) is 47.6 Å². The van der Waals surface area contributed by atoms with Crippen molar-refractivity contribution in [1.29, 1.82) is 5.26 Å². The molecular formula is C26H36IN3O3S. The van der Waals surface area contributed by atoms with Crippen molar-refractivity contribution in [3.8, 4) is 6.07 Å². The molecule has 0 spiro atoms. The second-order valence-corrected chi connectivity index (χ2v) is 17.1. The van der Waals surface area contributed by atoms with E-state index in [1.54, 1.807) is 10.9 Å². The lowest BCUT2D eigenvalue weighted by Crippen LogP contribution is -2.57. The van der Waals surface area contributed by atoms with Crippen molar-refractivity contribution < 1.29 is 13.2 Å². The number of aromatic nitrogens is 2. The van der Waals surface area contributed by atoms with E-state index in [4.69, 9.17) is 5.26 Å². The minimum Gasteiger partial charge on any atom is -0.297 e. The van der Waals surface area contributed by atoms with E-state index in [0.29, 0.717) is 39.1 Å². The van der Waals surface area contributed by atoms with Crippen LogP contribution in [0.1, 0.15) is 70.8 Å². The largest absolute Gasteiger partial charge is 0.297 e. The number of fused-ring (bicyclic) bond motifs is 5. The summed E-state index contributed by atoms with van der Waals surface area (Å²) < 4.78 is 28.4. The van der Waals surface area contributed by atoms with Crippen LogP contribution in [0.25, 0.3) is 0 Å². The number of carbonyl (C=O) groups excluding carboxylic acids is 1. The number of nitrogens with zero attached hydrogens (tertiary/aromatic N) is 3. The Morgan fingerprint density at radius 3 is 2.65 bits per heavy atom. The fourth-order valence-corrected chi connectivity index (χ4v) is 11.4. The van der Waals surface area contributed by atoms with Gasteiger partial charge in [0.25, 0.3) is 0 Å². The van der Waals surface area contributed by atoms with Gasteiger partial charge in [-0.25, -0.2) is 8.42 Å². The highest BCUT2D eigenvalue weighted by molar-refractivity contribution is 14.1. The Hall–Kier alpha value is -0.950. The van der Waals surface area contributed by atoms with Crippen molar-refractivity contribution in [1.82, 2.24) is 9.78 Å². The zero-order valence-electron chi connectivity index (χ0n) is 20.4. The summed E-state index contributed by atoms with van der Waals surface area (Å²) in [4.78, 5) is 13.5. The van der Waals surface area contributed by atoms with Crippen LogP contribution in [0.5, 0.6) is 0 Å². The monoisotopic (exact) mass is 597 g/mol. The molecule has 0 bridgehead atoms. The standard InChI is InChI=1S/C26H36IN3O3S/c1-25(27)9-8-18-17(10-25)4-5-19-20-6-7-21(22(31)15-30-14-16(12-28)13-29-30)26(20,2)11-23(24(18)19)34(3,32)33/h13-14,17-21,23-24H,4-11,15H2,1-3H3/t17-,18+,19?,20+,21-,23?,24-,25?,26+/m1/s1. The SMILES string of the molecule is CC1(I)CC[C@H]2[C@H](CCC3[C@@H]2C(S(C)(=O)=O)C[C@]2(C)[C@@H](C(=O)Cn4cc(C#N)cn4)CC[C@@H]32)C1. The van der Waals surface area contributed by atoms with Gasteiger partial charge in [0.2, 0.25) is 0 Å². The molecule has 0 aliphatic heterocycles. The molecule has 1 aromatic heterocycles. The van der Waals surface area contributed by atoms with Crippen LogP contribution in [0.15, 0.2) is 12.4 Å². The summed E-state index contributed by atoms with van der Waals surface area (Å²) in [5, 5.41) is 12.9. The molecule has 9 atom stereocenters. The second kappa shape index (κ2) is 8.57. The Morgan fingerprint density at radius 2 is 1.97 bits per heavy atom. The molecule has 8 heteroatoms. The maximum Gasteiger partial charge on any atom is 0.157 e. The molecule has 0 radical (unpaired) electrons. The zero-order chi connectivity index (χ0) is 24.5. The van der Waals surface area contributed by atoms with E-state index in [1.807, 2.05) is 0 Å². The minimum absolute atomic E-state index is 0.135. The van der Waals surface area contributed by atoms with Crippen LogP contribution in [0.3, 0.4) is 0 Å². The second-order valence-electron chi connectivity index (χ2n) is 12.2. The Bertz CT molecular complexity index is 1120. The highest BCUT2D eigenvalue weighted by Crippen LogP contribution is 2.66. The Labute approximate surface area is 217 Å². The summed E-state index contributed by atoms with van der Waals surface area (Å²) in [6, 6.07) is 2.06. The van der Waals surface area contributed by atoms with Crippen LogP contribution in [0.2, 0.25) is 0 Å². The highest BCUT2D eigenvalue weighted by Gasteiger charge is 2.63. The number of rotatable bonds is 4. The molecule has 186 valence electrons. The van der Waals surface area contributed by atoms with Gasteiger partial charge < -0.3 is 0 Å². The third-order valence-electron chi connectivity index (χ3n) is 10.2. The molecule has 5 rings (SSSR count). The van der Waals surface area contributed by atoms with Crippen LogP contribution in [0, 0.1) is 52.3 Å². The van der Waals surface area contributed by atoms with Crippen molar-refractivity contribution in [3.05, 3.63) is 18.0 Å². The number of nitriles is 1. The van der Waals surface area contributed by atoms with E-state index >= 15 is 0 Å². The number of alkyl halides is 1. The van der Waals surface area contributed by atoms with E-state index in [0.717, 1.165) is 25.7 Å². The first-order chi connectivity index (χ1) is 15.9. The Balaban J connectivity index is 1.44. The molecule has 0 amide bonds. The van der Waals surface area contributed by atoms with Crippen molar-refractivity contribution in [3.63, 3.8) is 0 Å². The minimum atomic E-state index is -3.23. The van der Waals surface area contributed by atoms with Gasteiger partial charge in [0.15, 0.2) is 15.6 Å². The van der Waals surface area contributed by atoms with Gasteiger partial charge in [0.05, 0.1) is 23.6 Å². The molecule has 1 heterocycles. The molecule has 0 saturated heterocycles. The molecule has 34 heavy (non-hydrogen) atoms. The molecule has 0 N–H and O–H groups in total. The van der Waals surface area contributed by atoms with Gasteiger partial charge in [0, 0.05) is 21.8 Å². The van der Waals surface area contributed by atoms with Gasteiger partial charge in [-0.15, -0.1) is 0 Å². The number of sulfone groups is 1. The maximum absolute atomic E-state index is 13.5. The number of carbonyl (C=O) groups is 1. The summed E-state index contributed by atoms with van der Waals surface area (Å²) in [6.07, 6.45) is 12.8. The summed E-state index contributed by atoms with van der Waals surface area (Å²) in [5.41, 5.74) is 0.170. The van der Waals surface area contributed by atoms with Crippen LogP contribution in [0.4, 0.5) is 0 Å². The van der Waals surface area contributed by atoms with E-state index < -0.39 is 9.84 Å². The van der Waals surface area contributed by atoms with E-state index in [9.17, 15) is 13.2 Å². The average molecular weight is 598 g/mol. The predicted molar refractivity (Wildman–Crippen MR) is 139 cm³/mol. The first-order valence-electron chi connectivity index (χ1n) is 12.8. The summed E-state index contributed by atoms with van der Waals surface area (Å²) in [7, 11) is -3.23. The third kappa shape index (κ3) is 4.16. The van der Waals surface area contributed by atoms with Gasteiger partial charge in [-0.3, -0.25) is 9.48 Å². The van der Waals surface area contributed by atoms with Gasteiger partial charge in [0.1, 0.15) is 6.07 Å². The zero-order valence-corrected chi connectivity index (χ0v) is 23.4. The number of halogens is 1. The smallest absolute Gasteiger partial charge is 0.157 e. The molecule has 3 unspecified atom stereocenters. The molecule has 4 fully saturated rings. The van der Waals surface area contributed by atoms with E-state index in [-0.39, 0.29) is 34.8 Å². The molecular weight excluding hydrogens is 561 g/mol. The normalized spacial score (nSPS) is 43.9. The molecule has 4 aliphatic carbocycles. The summed E-state index contributed by atoms with van der Waals surface area (Å²) in [5.74, 6) is 2.22. The first kappa shape index (κ1) is 24.7. The number of Topliss-reactive ketones (excluding diaryl/α,β-unsaturated/α-hetero) is 1. The molecule has 4 aliphatic rings. The summed E-state index contributed by atoms with van der Waals surface area (Å²) >= 11 is 2.62. The van der Waals surface area contributed by atoms with Gasteiger partial charge >= 0.3 is 0 Å². The van der Waals surface area contributed by atoms with Gasteiger partial charge in [-0.05, 0) is 86.4 Å². The number of ketones is 1. The van der Waals surface area contributed by atoms with Crippen molar-refractivity contribution in [2.75, 3.05) is 6.26 Å². The van der Waals surface area contributed by atoms with Crippen molar-refractivity contribution in [2.45, 2.75) is 80.4 Å².